The van der Waals surface area contributed by atoms with Gasteiger partial charge in [0.25, 0.3) is 0 Å². The van der Waals surface area contributed by atoms with Gasteiger partial charge in [-0.3, -0.25) is 4.98 Å². The van der Waals surface area contributed by atoms with E-state index >= 15 is 0 Å². The van der Waals surface area contributed by atoms with Crippen molar-refractivity contribution < 1.29 is 9.90 Å². The van der Waals surface area contributed by atoms with Crippen molar-refractivity contribution in [3.05, 3.63) is 59.7 Å². The van der Waals surface area contributed by atoms with E-state index in [4.69, 9.17) is 5.11 Å². The minimum atomic E-state index is -1.01. The zero-order valence-corrected chi connectivity index (χ0v) is 10.6. The molecule has 5 heteroatoms. The molecule has 0 aliphatic heterocycles. The Bertz CT molecular complexity index is 558. The van der Waals surface area contributed by atoms with Crippen LogP contribution >= 0.6 is 0 Å². The van der Waals surface area contributed by atoms with E-state index in [0.29, 0.717) is 12.2 Å². The summed E-state index contributed by atoms with van der Waals surface area (Å²) in [6.07, 6.45) is 3.53. The number of hydrogen-bond acceptors (Lipinski definition) is 4. The molecule has 0 saturated carbocycles. The molecule has 2 heterocycles. The van der Waals surface area contributed by atoms with Crippen LogP contribution in [0.4, 0.5) is 0 Å². The van der Waals surface area contributed by atoms with E-state index in [1.165, 1.54) is 6.07 Å². The van der Waals surface area contributed by atoms with Crippen LogP contribution in [0.15, 0.2) is 42.7 Å². The minimum Gasteiger partial charge on any atom is -0.477 e. The van der Waals surface area contributed by atoms with Gasteiger partial charge in [-0.25, -0.2) is 9.78 Å². The number of carboxylic acids is 1. The predicted octanol–water partition coefficient (Wildman–Crippen LogP) is 2.03. The SMILES string of the molecule is C[C@@H](NCc1cccc(C(=O)O)n1)c1cccnc1. The van der Waals surface area contributed by atoms with Crippen LogP contribution in [-0.4, -0.2) is 21.0 Å². The molecule has 2 aromatic rings. The van der Waals surface area contributed by atoms with Crippen LogP contribution in [-0.2, 0) is 6.54 Å². The van der Waals surface area contributed by atoms with Gasteiger partial charge in [0, 0.05) is 25.0 Å². The van der Waals surface area contributed by atoms with Gasteiger partial charge >= 0.3 is 5.97 Å². The summed E-state index contributed by atoms with van der Waals surface area (Å²) in [6.45, 7) is 2.54. The lowest BCUT2D eigenvalue weighted by Gasteiger charge is -2.13. The molecule has 0 fully saturated rings. The molecule has 2 aromatic heterocycles. The van der Waals surface area contributed by atoms with Gasteiger partial charge in [0.05, 0.1) is 5.69 Å². The van der Waals surface area contributed by atoms with Crippen LogP contribution in [0, 0.1) is 0 Å². The highest BCUT2D eigenvalue weighted by atomic mass is 16.4. The number of hydrogen-bond donors (Lipinski definition) is 2. The summed E-state index contributed by atoms with van der Waals surface area (Å²) in [4.78, 5) is 18.9. The van der Waals surface area contributed by atoms with Crippen molar-refractivity contribution in [2.45, 2.75) is 19.5 Å². The molecule has 0 unspecified atom stereocenters. The highest BCUT2D eigenvalue weighted by Crippen LogP contribution is 2.10. The Morgan fingerprint density at radius 2 is 2.21 bits per heavy atom. The molecule has 0 bridgehead atoms. The Labute approximate surface area is 111 Å². The maximum atomic E-state index is 10.8. The van der Waals surface area contributed by atoms with E-state index in [-0.39, 0.29) is 11.7 Å². The molecule has 0 saturated heterocycles. The quantitative estimate of drug-likeness (QED) is 0.857. The average Bonchev–Trinajstić information content (AvgIpc) is 2.46. The normalized spacial score (nSPS) is 12.1. The Morgan fingerprint density at radius 3 is 2.89 bits per heavy atom. The largest absolute Gasteiger partial charge is 0.477 e. The van der Waals surface area contributed by atoms with Gasteiger partial charge in [0.1, 0.15) is 5.69 Å². The maximum Gasteiger partial charge on any atom is 0.354 e. The second-order valence-electron chi connectivity index (χ2n) is 4.21. The first kappa shape index (κ1) is 13.2. The van der Waals surface area contributed by atoms with Crippen LogP contribution in [0.25, 0.3) is 0 Å². The molecular weight excluding hydrogens is 242 g/mol. The van der Waals surface area contributed by atoms with E-state index in [1.807, 2.05) is 19.1 Å². The number of nitrogens with zero attached hydrogens (tertiary/aromatic N) is 2. The van der Waals surface area contributed by atoms with Gasteiger partial charge in [0.15, 0.2) is 0 Å². The van der Waals surface area contributed by atoms with Gasteiger partial charge in [-0.2, -0.15) is 0 Å². The molecule has 19 heavy (non-hydrogen) atoms. The molecule has 0 spiro atoms. The molecule has 0 aliphatic carbocycles. The maximum absolute atomic E-state index is 10.8. The van der Waals surface area contributed by atoms with Gasteiger partial charge < -0.3 is 10.4 Å². The fourth-order valence-corrected chi connectivity index (χ4v) is 1.70. The molecule has 98 valence electrons. The van der Waals surface area contributed by atoms with E-state index in [1.54, 1.807) is 24.5 Å². The third-order valence-electron chi connectivity index (χ3n) is 2.80. The van der Waals surface area contributed by atoms with E-state index in [0.717, 1.165) is 5.56 Å². The fraction of sp³-hybridized carbons (Fsp3) is 0.214. The fourth-order valence-electron chi connectivity index (χ4n) is 1.70. The van der Waals surface area contributed by atoms with Crippen molar-refractivity contribution in [3.8, 4) is 0 Å². The highest BCUT2D eigenvalue weighted by molar-refractivity contribution is 5.85. The molecule has 0 aliphatic rings. The number of aromatic nitrogens is 2. The molecular formula is C14H15N3O2. The van der Waals surface area contributed by atoms with Crippen molar-refractivity contribution in [1.82, 2.24) is 15.3 Å². The highest BCUT2D eigenvalue weighted by Gasteiger charge is 2.07. The van der Waals surface area contributed by atoms with Crippen LogP contribution < -0.4 is 5.32 Å². The van der Waals surface area contributed by atoms with Gasteiger partial charge in [-0.15, -0.1) is 0 Å². The Morgan fingerprint density at radius 1 is 1.37 bits per heavy atom. The summed E-state index contributed by atoms with van der Waals surface area (Å²) >= 11 is 0. The molecule has 5 nitrogen and oxygen atoms in total. The first-order valence-electron chi connectivity index (χ1n) is 5.99. The molecule has 1 atom stereocenters. The summed E-state index contributed by atoms with van der Waals surface area (Å²) in [5, 5.41) is 12.2. The van der Waals surface area contributed by atoms with Crippen molar-refractivity contribution in [2.24, 2.45) is 0 Å². The first-order chi connectivity index (χ1) is 9.16. The lowest BCUT2D eigenvalue weighted by molar-refractivity contribution is 0.0690. The van der Waals surface area contributed by atoms with E-state index in [9.17, 15) is 4.79 Å². The molecule has 2 N–H and O–H groups in total. The predicted molar refractivity (Wildman–Crippen MR) is 70.7 cm³/mol. The third-order valence-corrected chi connectivity index (χ3v) is 2.80. The first-order valence-corrected chi connectivity index (χ1v) is 5.99. The summed E-state index contributed by atoms with van der Waals surface area (Å²) in [6, 6.07) is 8.99. The third kappa shape index (κ3) is 3.59. The Kier molecular flexibility index (Phi) is 4.20. The van der Waals surface area contributed by atoms with Gasteiger partial charge in [-0.1, -0.05) is 12.1 Å². The second-order valence-corrected chi connectivity index (χ2v) is 4.21. The van der Waals surface area contributed by atoms with Crippen molar-refractivity contribution in [2.75, 3.05) is 0 Å². The van der Waals surface area contributed by atoms with Crippen molar-refractivity contribution in [3.63, 3.8) is 0 Å². The van der Waals surface area contributed by atoms with Crippen molar-refractivity contribution >= 4 is 5.97 Å². The molecule has 0 aromatic carbocycles. The van der Waals surface area contributed by atoms with E-state index < -0.39 is 5.97 Å². The van der Waals surface area contributed by atoms with Crippen LogP contribution in [0.1, 0.15) is 34.7 Å². The topological polar surface area (TPSA) is 75.1 Å². The van der Waals surface area contributed by atoms with Crippen LogP contribution in [0.3, 0.4) is 0 Å². The molecule has 2 rings (SSSR count). The van der Waals surface area contributed by atoms with Crippen molar-refractivity contribution in [1.29, 1.82) is 0 Å². The average molecular weight is 257 g/mol. The van der Waals surface area contributed by atoms with E-state index in [2.05, 4.69) is 15.3 Å². The number of rotatable bonds is 5. The molecule has 0 radical (unpaired) electrons. The lowest BCUT2D eigenvalue weighted by Crippen LogP contribution is -2.19. The summed E-state index contributed by atoms with van der Waals surface area (Å²) in [7, 11) is 0. The zero-order chi connectivity index (χ0) is 13.7. The number of aromatic carboxylic acids is 1. The number of carboxylic acid groups (broad SMARTS) is 1. The van der Waals surface area contributed by atoms with Gasteiger partial charge in [0.2, 0.25) is 0 Å². The summed E-state index contributed by atoms with van der Waals surface area (Å²) in [5.41, 5.74) is 1.85. The Hall–Kier alpha value is -2.27. The minimum absolute atomic E-state index is 0.0633. The second kappa shape index (κ2) is 6.06. The van der Waals surface area contributed by atoms with Crippen LogP contribution in [0.2, 0.25) is 0 Å². The Balaban J connectivity index is 1.99. The number of pyridine rings is 2. The zero-order valence-electron chi connectivity index (χ0n) is 10.6. The standard InChI is InChI=1S/C14H15N3O2/c1-10(11-4-3-7-15-8-11)16-9-12-5-2-6-13(17-12)14(18)19/h2-8,10,16H,9H2,1H3,(H,18,19)/t10-/m1/s1. The monoisotopic (exact) mass is 257 g/mol. The number of carbonyl (C=O) groups is 1. The summed E-state index contributed by atoms with van der Waals surface area (Å²) < 4.78 is 0. The summed E-state index contributed by atoms with van der Waals surface area (Å²) in [5.74, 6) is -1.01. The molecule has 0 amide bonds. The van der Waals surface area contributed by atoms with Gasteiger partial charge in [-0.05, 0) is 30.7 Å². The smallest absolute Gasteiger partial charge is 0.354 e. The number of nitrogens with one attached hydrogen (secondary N) is 1. The lowest BCUT2D eigenvalue weighted by atomic mass is 10.1. The van der Waals surface area contributed by atoms with Crippen LogP contribution in [0.5, 0.6) is 0 Å².